The molecular formula is C24H23ClN4O4. The zero-order valence-electron chi connectivity index (χ0n) is 17.5. The van der Waals surface area contributed by atoms with Crippen LogP contribution in [0.15, 0.2) is 54.6 Å². The topological polar surface area (TPSA) is 134 Å². The molecule has 8 nitrogen and oxygen atoms in total. The molecular weight excluding hydrogens is 444 g/mol. The molecule has 0 saturated heterocycles. The van der Waals surface area contributed by atoms with Gasteiger partial charge in [0.15, 0.2) is 5.72 Å². The highest BCUT2D eigenvalue weighted by Crippen LogP contribution is 2.61. The summed E-state index contributed by atoms with van der Waals surface area (Å²) in [6, 6.07) is 16.9. The minimum Gasteiger partial charge on any atom is -0.457 e. The number of nitrogens with one attached hydrogen (secondary N) is 1. The van der Waals surface area contributed by atoms with Gasteiger partial charge in [-0.05, 0) is 48.7 Å². The smallest absolute Gasteiger partial charge is 0.223 e. The predicted molar refractivity (Wildman–Crippen MR) is 126 cm³/mol. The van der Waals surface area contributed by atoms with Crippen molar-refractivity contribution in [2.24, 2.45) is 5.92 Å². The molecule has 1 aromatic heterocycles. The average Bonchev–Trinajstić information content (AvgIpc) is 3.21. The molecule has 33 heavy (non-hydrogen) atoms. The highest BCUT2D eigenvalue weighted by atomic mass is 35.5. The molecule has 9 heteroatoms. The number of aliphatic hydroxyl groups excluding tert-OH is 1. The van der Waals surface area contributed by atoms with E-state index in [1.54, 1.807) is 12.2 Å². The normalized spacial score (nSPS) is 28.0. The number of aromatic nitrogens is 2. The summed E-state index contributed by atoms with van der Waals surface area (Å²) in [5.41, 5.74) is 3.59. The molecule has 0 bridgehead atoms. The molecule has 170 valence electrons. The number of anilines is 2. The lowest BCUT2D eigenvalue weighted by atomic mass is 10.0. The monoisotopic (exact) mass is 466 g/mol. The molecule has 1 heterocycles. The largest absolute Gasteiger partial charge is 0.457 e. The molecule has 2 saturated carbocycles. The number of hydrogen-bond acceptors (Lipinski definition) is 8. The highest BCUT2D eigenvalue weighted by molar-refractivity contribution is 6.31. The third-order valence-corrected chi connectivity index (χ3v) is 6.58. The first-order valence-corrected chi connectivity index (χ1v) is 10.9. The Labute approximate surface area is 195 Å². The number of ether oxygens (including phenoxy) is 1. The van der Waals surface area contributed by atoms with Crippen molar-refractivity contribution in [1.82, 2.24) is 9.97 Å². The summed E-state index contributed by atoms with van der Waals surface area (Å²) >= 11 is 6.34. The van der Waals surface area contributed by atoms with Gasteiger partial charge in [0, 0.05) is 5.92 Å². The minimum absolute atomic E-state index is 0.0828. The van der Waals surface area contributed by atoms with Crippen LogP contribution in [0.5, 0.6) is 11.5 Å². The van der Waals surface area contributed by atoms with Crippen LogP contribution in [0.25, 0.3) is 12.2 Å². The van der Waals surface area contributed by atoms with Gasteiger partial charge in [0.1, 0.15) is 28.1 Å². The highest BCUT2D eigenvalue weighted by Gasteiger charge is 2.78. The molecule has 0 amide bonds. The van der Waals surface area contributed by atoms with E-state index >= 15 is 0 Å². The first kappa shape index (κ1) is 21.7. The number of aliphatic hydroxyl groups is 3. The Kier molecular flexibility index (Phi) is 5.25. The SMILES string of the molecule is Nc1nc(Cl)c(C=Cc2cccc(Oc3ccccc3)c2)c(NC2(O)CCC3C(O)C32O)n1. The summed E-state index contributed by atoms with van der Waals surface area (Å²) in [4.78, 5) is 8.18. The molecule has 2 aliphatic carbocycles. The second-order valence-corrected chi connectivity index (χ2v) is 8.71. The van der Waals surface area contributed by atoms with E-state index in [0.717, 1.165) is 11.3 Å². The van der Waals surface area contributed by atoms with Crippen LogP contribution in [0.4, 0.5) is 11.8 Å². The molecule has 0 aliphatic heterocycles. The Hall–Kier alpha value is -3.17. The van der Waals surface area contributed by atoms with Crippen molar-refractivity contribution < 1.29 is 20.1 Å². The summed E-state index contributed by atoms with van der Waals surface area (Å²) in [6.07, 6.45) is 3.22. The maximum absolute atomic E-state index is 11.0. The fourth-order valence-corrected chi connectivity index (χ4v) is 4.70. The number of benzene rings is 2. The third-order valence-electron chi connectivity index (χ3n) is 6.29. The van der Waals surface area contributed by atoms with Gasteiger partial charge in [0.2, 0.25) is 5.95 Å². The van der Waals surface area contributed by atoms with E-state index in [0.29, 0.717) is 17.7 Å². The van der Waals surface area contributed by atoms with Crippen LogP contribution in [-0.2, 0) is 0 Å². The van der Waals surface area contributed by atoms with Crippen LogP contribution in [0, 0.1) is 5.92 Å². The first-order chi connectivity index (χ1) is 15.8. The van der Waals surface area contributed by atoms with Gasteiger partial charge in [-0.15, -0.1) is 0 Å². The molecule has 0 radical (unpaired) electrons. The Morgan fingerprint density at radius 2 is 1.82 bits per heavy atom. The number of hydrogen-bond donors (Lipinski definition) is 5. The predicted octanol–water partition coefficient (Wildman–Crippen LogP) is 3.29. The number of halogens is 1. The van der Waals surface area contributed by atoms with Gasteiger partial charge >= 0.3 is 0 Å². The lowest BCUT2D eigenvalue weighted by Crippen LogP contribution is -2.51. The Bertz CT molecular complexity index is 1220. The molecule has 2 aliphatic rings. The summed E-state index contributed by atoms with van der Waals surface area (Å²) in [5, 5.41) is 34.7. The van der Waals surface area contributed by atoms with Gasteiger partial charge in [-0.25, -0.2) is 4.98 Å². The summed E-state index contributed by atoms with van der Waals surface area (Å²) in [5.74, 6) is 1.09. The number of nitrogens with two attached hydrogens (primary N) is 1. The van der Waals surface area contributed by atoms with Gasteiger partial charge in [0.25, 0.3) is 0 Å². The molecule has 3 aromatic rings. The second kappa shape index (κ2) is 8.00. The van der Waals surface area contributed by atoms with E-state index in [2.05, 4.69) is 15.3 Å². The Morgan fingerprint density at radius 1 is 1.06 bits per heavy atom. The van der Waals surface area contributed by atoms with E-state index < -0.39 is 17.4 Å². The minimum atomic E-state index is -1.76. The van der Waals surface area contributed by atoms with Crippen molar-refractivity contribution in [3.8, 4) is 11.5 Å². The molecule has 6 N–H and O–H groups in total. The first-order valence-electron chi connectivity index (χ1n) is 10.6. The average molecular weight is 467 g/mol. The lowest BCUT2D eigenvalue weighted by Gasteiger charge is -2.32. The van der Waals surface area contributed by atoms with Crippen molar-refractivity contribution in [2.75, 3.05) is 11.1 Å². The van der Waals surface area contributed by atoms with Crippen molar-refractivity contribution in [3.05, 3.63) is 70.9 Å². The van der Waals surface area contributed by atoms with Gasteiger partial charge < -0.3 is 31.1 Å². The van der Waals surface area contributed by atoms with Gasteiger partial charge in [-0.3, -0.25) is 0 Å². The maximum Gasteiger partial charge on any atom is 0.223 e. The molecule has 4 atom stereocenters. The second-order valence-electron chi connectivity index (χ2n) is 8.36. The maximum atomic E-state index is 11.0. The van der Waals surface area contributed by atoms with E-state index in [4.69, 9.17) is 22.1 Å². The van der Waals surface area contributed by atoms with Gasteiger partial charge in [0.05, 0.1) is 11.7 Å². The Balaban J connectivity index is 1.42. The van der Waals surface area contributed by atoms with Crippen molar-refractivity contribution in [1.29, 1.82) is 0 Å². The van der Waals surface area contributed by atoms with Crippen LogP contribution >= 0.6 is 11.6 Å². The van der Waals surface area contributed by atoms with Crippen molar-refractivity contribution in [3.63, 3.8) is 0 Å². The number of rotatable bonds is 6. The van der Waals surface area contributed by atoms with Crippen LogP contribution in [0.2, 0.25) is 5.15 Å². The summed E-state index contributed by atoms with van der Waals surface area (Å²) in [7, 11) is 0. The molecule has 0 spiro atoms. The Morgan fingerprint density at radius 3 is 2.55 bits per heavy atom. The summed E-state index contributed by atoms with van der Waals surface area (Å²) < 4.78 is 5.88. The fraction of sp³-hybridized carbons (Fsp3) is 0.250. The number of para-hydroxylation sites is 1. The lowest BCUT2D eigenvalue weighted by molar-refractivity contribution is -0.0852. The zero-order chi connectivity index (χ0) is 23.2. The van der Waals surface area contributed by atoms with Crippen LogP contribution < -0.4 is 15.8 Å². The standard InChI is InChI=1S/C24H23ClN4O4/c25-20-17(10-9-14-5-4-8-16(13-14)33-15-6-2-1-3-7-15)21(28-22(26)27-20)29-23(31)12-11-18-19(30)24(18,23)32/h1-10,13,18-19,30-32H,11-12H2,(H3,26,27,28,29). The van der Waals surface area contributed by atoms with E-state index in [1.807, 2.05) is 54.6 Å². The van der Waals surface area contributed by atoms with Crippen LogP contribution in [0.1, 0.15) is 24.0 Å². The fourth-order valence-electron chi connectivity index (χ4n) is 4.46. The van der Waals surface area contributed by atoms with Gasteiger partial charge in [-0.2, -0.15) is 4.98 Å². The third kappa shape index (κ3) is 3.81. The molecule has 2 fully saturated rings. The van der Waals surface area contributed by atoms with Gasteiger partial charge in [-0.1, -0.05) is 48.0 Å². The van der Waals surface area contributed by atoms with Crippen molar-refractivity contribution in [2.45, 2.75) is 30.3 Å². The number of fused-ring (bicyclic) bond motifs is 1. The van der Waals surface area contributed by atoms with E-state index in [9.17, 15) is 15.3 Å². The zero-order valence-corrected chi connectivity index (χ0v) is 18.3. The molecule has 4 unspecified atom stereocenters. The number of nitrogens with zero attached hydrogens (tertiary/aromatic N) is 2. The van der Waals surface area contributed by atoms with Crippen molar-refractivity contribution >= 4 is 35.5 Å². The van der Waals surface area contributed by atoms with Crippen LogP contribution in [-0.4, -0.2) is 42.7 Å². The summed E-state index contributed by atoms with van der Waals surface area (Å²) in [6.45, 7) is 0. The van der Waals surface area contributed by atoms with E-state index in [-0.39, 0.29) is 29.3 Å². The quantitative estimate of drug-likeness (QED) is 0.276. The van der Waals surface area contributed by atoms with E-state index in [1.165, 1.54) is 0 Å². The molecule has 5 rings (SSSR count). The number of nitrogen functional groups attached to an aromatic ring is 1. The molecule has 2 aromatic carbocycles. The van der Waals surface area contributed by atoms with Crippen LogP contribution in [0.3, 0.4) is 0 Å².